The lowest BCUT2D eigenvalue weighted by Crippen LogP contribution is -2.42. The number of para-hydroxylation sites is 1. The molecule has 0 aliphatic carbocycles. The standard InChI is InChI=1S/C21H22ClN3O4/c1-13-9-14(2)12-24(11-13)21(27)16-5-3-4-6-18(16)23-20(26)17-8-7-15(22)10-19(17)25(28)29/h3-8,10,13-14H,9,11-12H2,1-2H3,(H,23,26). The molecule has 2 amide bonds. The Morgan fingerprint density at radius 1 is 1.10 bits per heavy atom. The zero-order valence-corrected chi connectivity index (χ0v) is 17.0. The molecule has 1 saturated heterocycles. The van der Waals surface area contributed by atoms with E-state index < -0.39 is 16.5 Å². The van der Waals surface area contributed by atoms with Gasteiger partial charge in [0.1, 0.15) is 5.56 Å². The van der Waals surface area contributed by atoms with Crippen molar-refractivity contribution in [1.82, 2.24) is 4.90 Å². The molecule has 2 aromatic rings. The van der Waals surface area contributed by atoms with Crippen molar-refractivity contribution in [3.8, 4) is 0 Å². The fourth-order valence-corrected chi connectivity index (χ4v) is 3.98. The average molecular weight is 416 g/mol. The van der Waals surface area contributed by atoms with Gasteiger partial charge < -0.3 is 10.2 Å². The molecule has 1 heterocycles. The largest absolute Gasteiger partial charge is 0.338 e. The molecule has 1 fully saturated rings. The maximum atomic E-state index is 13.1. The van der Waals surface area contributed by atoms with Gasteiger partial charge in [-0.05, 0) is 42.5 Å². The molecule has 0 bridgehead atoms. The minimum Gasteiger partial charge on any atom is -0.338 e. The number of amides is 2. The van der Waals surface area contributed by atoms with Crippen LogP contribution in [0.1, 0.15) is 41.0 Å². The van der Waals surface area contributed by atoms with Gasteiger partial charge in [-0.3, -0.25) is 19.7 Å². The van der Waals surface area contributed by atoms with Crippen LogP contribution in [0.2, 0.25) is 5.02 Å². The first-order valence-electron chi connectivity index (χ1n) is 9.40. The number of nitro groups is 1. The second-order valence-electron chi connectivity index (χ2n) is 7.57. The molecule has 152 valence electrons. The van der Waals surface area contributed by atoms with Crippen molar-refractivity contribution in [2.24, 2.45) is 11.8 Å². The highest BCUT2D eigenvalue weighted by molar-refractivity contribution is 6.31. The van der Waals surface area contributed by atoms with Gasteiger partial charge in [-0.1, -0.05) is 37.6 Å². The van der Waals surface area contributed by atoms with Gasteiger partial charge in [0.15, 0.2) is 0 Å². The number of halogens is 1. The van der Waals surface area contributed by atoms with Crippen molar-refractivity contribution in [2.45, 2.75) is 20.3 Å². The van der Waals surface area contributed by atoms with Crippen molar-refractivity contribution in [3.05, 3.63) is 68.7 Å². The van der Waals surface area contributed by atoms with E-state index in [-0.39, 0.29) is 16.5 Å². The highest BCUT2D eigenvalue weighted by atomic mass is 35.5. The number of nitro benzene ring substituents is 1. The van der Waals surface area contributed by atoms with Gasteiger partial charge in [0.25, 0.3) is 17.5 Å². The van der Waals surface area contributed by atoms with E-state index in [0.29, 0.717) is 36.2 Å². The Labute approximate surface area is 173 Å². The first kappa shape index (κ1) is 20.8. The summed E-state index contributed by atoms with van der Waals surface area (Å²) in [5.74, 6) is -0.0266. The Balaban J connectivity index is 1.87. The Hall–Kier alpha value is -2.93. The second kappa shape index (κ2) is 8.61. The maximum Gasteiger partial charge on any atom is 0.283 e. The number of anilines is 1. The molecule has 1 aliphatic rings. The van der Waals surface area contributed by atoms with Gasteiger partial charge in [0.2, 0.25) is 0 Å². The molecule has 1 N–H and O–H groups in total. The van der Waals surface area contributed by atoms with Crippen molar-refractivity contribution >= 4 is 34.8 Å². The first-order chi connectivity index (χ1) is 13.8. The Morgan fingerprint density at radius 2 is 1.76 bits per heavy atom. The highest BCUT2D eigenvalue weighted by Gasteiger charge is 2.28. The van der Waals surface area contributed by atoms with Crippen LogP contribution in [0.5, 0.6) is 0 Å². The highest BCUT2D eigenvalue weighted by Crippen LogP contribution is 2.27. The lowest BCUT2D eigenvalue weighted by atomic mass is 9.91. The van der Waals surface area contributed by atoms with E-state index in [1.54, 1.807) is 29.2 Å². The van der Waals surface area contributed by atoms with Crippen LogP contribution in [0.4, 0.5) is 11.4 Å². The van der Waals surface area contributed by atoms with Gasteiger partial charge in [0, 0.05) is 24.2 Å². The van der Waals surface area contributed by atoms with Crippen molar-refractivity contribution in [3.63, 3.8) is 0 Å². The molecule has 3 rings (SSSR count). The molecule has 29 heavy (non-hydrogen) atoms. The molecule has 1 aliphatic heterocycles. The summed E-state index contributed by atoms with van der Waals surface area (Å²) in [5, 5.41) is 14.1. The summed E-state index contributed by atoms with van der Waals surface area (Å²) in [4.78, 5) is 38.2. The SMILES string of the molecule is CC1CC(C)CN(C(=O)c2ccccc2NC(=O)c2ccc(Cl)cc2[N+](=O)[O-])C1. The number of nitrogens with zero attached hydrogens (tertiary/aromatic N) is 2. The van der Waals surface area contributed by atoms with Gasteiger partial charge in [0.05, 0.1) is 16.2 Å². The van der Waals surface area contributed by atoms with Crippen LogP contribution in [0.25, 0.3) is 0 Å². The molecule has 7 nitrogen and oxygen atoms in total. The fraction of sp³-hybridized carbons (Fsp3) is 0.333. The van der Waals surface area contributed by atoms with Gasteiger partial charge in [-0.25, -0.2) is 0 Å². The molecular weight excluding hydrogens is 394 g/mol. The van der Waals surface area contributed by atoms with Crippen LogP contribution in [-0.4, -0.2) is 34.7 Å². The number of hydrogen-bond acceptors (Lipinski definition) is 4. The van der Waals surface area contributed by atoms with E-state index in [9.17, 15) is 19.7 Å². The van der Waals surface area contributed by atoms with Crippen LogP contribution >= 0.6 is 11.6 Å². The predicted octanol–water partition coefficient (Wildman–Crippen LogP) is 4.62. The smallest absolute Gasteiger partial charge is 0.283 e. The number of benzene rings is 2. The van der Waals surface area contributed by atoms with Crippen LogP contribution in [-0.2, 0) is 0 Å². The van der Waals surface area contributed by atoms with Crippen molar-refractivity contribution in [2.75, 3.05) is 18.4 Å². The number of piperidine rings is 1. The van der Waals surface area contributed by atoms with Crippen LogP contribution < -0.4 is 5.32 Å². The summed E-state index contributed by atoms with van der Waals surface area (Å²) in [6, 6.07) is 10.5. The molecule has 0 spiro atoms. The van der Waals surface area contributed by atoms with Crippen LogP contribution in [0.3, 0.4) is 0 Å². The number of likely N-dealkylation sites (tertiary alicyclic amines) is 1. The quantitative estimate of drug-likeness (QED) is 0.582. The summed E-state index contributed by atoms with van der Waals surface area (Å²) in [6.07, 6.45) is 1.07. The van der Waals surface area contributed by atoms with Crippen LogP contribution in [0.15, 0.2) is 42.5 Å². The third-order valence-electron chi connectivity index (χ3n) is 4.96. The van der Waals surface area contributed by atoms with E-state index in [2.05, 4.69) is 19.2 Å². The zero-order chi connectivity index (χ0) is 21.1. The summed E-state index contributed by atoms with van der Waals surface area (Å²) in [5.41, 5.74) is 0.163. The number of carbonyl (C=O) groups is 2. The summed E-state index contributed by atoms with van der Waals surface area (Å²) >= 11 is 5.82. The van der Waals surface area contributed by atoms with E-state index >= 15 is 0 Å². The maximum absolute atomic E-state index is 13.1. The molecule has 0 aromatic heterocycles. The normalized spacial score (nSPS) is 18.9. The lowest BCUT2D eigenvalue weighted by molar-refractivity contribution is -0.385. The zero-order valence-electron chi connectivity index (χ0n) is 16.2. The lowest BCUT2D eigenvalue weighted by Gasteiger charge is -2.35. The van der Waals surface area contributed by atoms with E-state index in [0.717, 1.165) is 12.5 Å². The monoisotopic (exact) mass is 415 g/mol. The minimum atomic E-state index is -0.672. The topological polar surface area (TPSA) is 92.6 Å². The van der Waals surface area contributed by atoms with Gasteiger partial charge in [-0.15, -0.1) is 0 Å². The molecule has 2 atom stereocenters. The molecule has 2 aromatic carbocycles. The van der Waals surface area contributed by atoms with E-state index in [1.807, 2.05) is 0 Å². The number of rotatable bonds is 4. The predicted molar refractivity (Wildman–Crippen MR) is 111 cm³/mol. The molecule has 0 radical (unpaired) electrons. The van der Waals surface area contributed by atoms with Crippen molar-refractivity contribution < 1.29 is 14.5 Å². The molecule has 2 unspecified atom stereocenters. The Bertz CT molecular complexity index is 953. The second-order valence-corrected chi connectivity index (χ2v) is 8.01. The van der Waals surface area contributed by atoms with Gasteiger partial charge in [-0.2, -0.15) is 0 Å². The summed E-state index contributed by atoms with van der Waals surface area (Å²) < 4.78 is 0. The first-order valence-corrected chi connectivity index (χ1v) is 9.77. The van der Waals surface area contributed by atoms with E-state index in [4.69, 9.17) is 11.6 Å². The number of hydrogen-bond donors (Lipinski definition) is 1. The summed E-state index contributed by atoms with van der Waals surface area (Å²) in [6.45, 7) is 5.55. The van der Waals surface area contributed by atoms with Crippen molar-refractivity contribution in [1.29, 1.82) is 0 Å². The molecule has 0 saturated carbocycles. The Kier molecular flexibility index (Phi) is 6.17. The van der Waals surface area contributed by atoms with Crippen LogP contribution in [0, 0.1) is 22.0 Å². The molecular formula is C21H22ClN3O4. The van der Waals surface area contributed by atoms with Gasteiger partial charge >= 0.3 is 0 Å². The van der Waals surface area contributed by atoms with E-state index in [1.165, 1.54) is 12.1 Å². The Morgan fingerprint density at radius 3 is 2.41 bits per heavy atom. The third-order valence-corrected chi connectivity index (χ3v) is 5.20. The fourth-order valence-electron chi connectivity index (χ4n) is 3.82. The minimum absolute atomic E-state index is 0.123. The number of nitrogens with one attached hydrogen (secondary N) is 1. The summed E-state index contributed by atoms with van der Waals surface area (Å²) in [7, 11) is 0. The third kappa shape index (κ3) is 4.74. The average Bonchev–Trinajstić information content (AvgIpc) is 2.67. The molecule has 8 heteroatoms. The number of carbonyl (C=O) groups excluding carboxylic acids is 2.